The standard InChI is InChI=1S/C15H14N4O2S/c20-13-15(6-5-10-3-1-2-4-11(10)7-15)17-14(21)19(13)9-12-8-16-18-22-12/h1-4,8H,5-7,9H2,(H,17,21). The number of imide groups is 1. The molecular formula is C15H14N4O2S. The summed E-state index contributed by atoms with van der Waals surface area (Å²) < 4.78 is 3.77. The van der Waals surface area contributed by atoms with Crippen molar-refractivity contribution in [1.29, 1.82) is 0 Å². The van der Waals surface area contributed by atoms with Gasteiger partial charge in [-0.25, -0.2) is 4.79 Å². The van der Waals surface area contributed by atoms with Crippen LogP contribution in [-0.2, 0) is 24.2 Å². The summed E-state index contributed by atoms with van der Waals surface area (Å²) in [6, 6.07) is 7.78. The van der Waals surface area contributed by atoms with E-state index in [1.807, 2.05) is 18.2 Å². The summed E-state index contributed by atoms with van der Waals surface area (Å²) in [5.41, 5.74) is 1.62. The van der Waals surface area contributed by atoms with Gasteiger partial charge in [-0.05, 0) is 35.5 Å². The Bertz CT molecular complexity index is 746. The van der Waals surface area contributed by atoms with Gasteiger partial charge in [-0.2, -0.15) is 0 Å². The first-order valence-electron chi connectivity index (χ1n) is 7.15. The van der Waals surface area contributed by atoms with Crippen LogP contribution in [0.4, 0.5) is 4.79 Å². The van der Waals surface area contributed by atoms with Gasteiger partial charge in [0.1, 0.15) is 5.54 Å². The number of hydrogen-bond acceptors (Lipinski definition) is 5. The molecule has 1 aliphatic heterocycles. The van der Waals surface area contributed by atoms with E-state index in [1.54, 1.807) is 6.20 Å². The van der Waals surface area contributed by atoms with Gasteiger partial charge in [0.25, 0.3) is 5.91 Å². The highest BCUT2D eigenvalue weighted by molar-refractivity contribution is 7.05. The van der Waals surface area contributed by atoms with Crippen LogP contribution in [0.25, 0.3) is 0 Å². The maximum Gasteiger partial charge on any atom is 0.325 e. The zero-order chi connectivity index (χ0) is 15.2. The number of aryl methyl sites for hydroxylation is 1. The summed E-state index contributed by atoms with van der Waals surface area (Å²) >= 11 is 1.20. The lowest BCUT2D eigenvalue weighted by atomic mass is 9.78. The van der Waals surface area contributed by atoms with Gasteiger partial charge in [-0.15, -0.1) is 5.10 Å². The van der Waals surface area contributed by atoms with E-state index in [9.17, 15) is 9.59 Å². The molecule has 112 valence electrons. The van der Waals surface area contributed by atoms with Crippen LogP contribution in [0.5, 0.6) is 0 Å². The summed E-state index contributed by atoms with van der Waals surface area (Å²) in [4.78, 5) is 27.2. The van der Waals surface area contributed by atoms with Gasteiger partial charge in [-0.3, -0.25) is 9.69 Å². The van der Waals surface area contributed by atoms with Crippen molar-refractivity contribution in [1.82, 2.24) is 19.8 Å². The molecule has 1 unspecified atom stereocenters. The van der Waals surface area contributed by atoms with Crippen molar-refractivity contribution in [3.63, 3.8) is 0 Å². The Morgan fingerprint density at radius 2 is 2.09 bits per heavy atom. The van der Waals surface area contributed by atoms with Crippen molar-refractivity contribution < 1.29 is 9.59 Å². The van der Waals surface area contributed by atoms with E-state index in [2.05, 4.69) is 21.0 Å². The van der Waals surface area contributed by atoms with Crippen molar-refractivity contribution in [2.24, 2.45) is 0 Å². The Kier molecular flexibility index (Phi) is 2.97. The number of urea groups is 1. The zero-order valence-corrected chi connectivity index (χ0v) is 12.6. The van der Waals surface area contributed by atoms with Crippen LogP contribution < -0.4 is 5.32 Å². The first-order chi connectivity index (χ1) is 10.7. The predicted molar refractivity (Wildman–Crippen MR) is 80.2 cm³/mol. The predicted octanol–water partition coefficient (Wildman–Crippen LogP) is 1.52. The molecule has 2 aromatic rings. The minimum atomic E-state index is -0.788. The quantitative estimate of drug-likeness (QED) is 0.853. The van der Waals surface area contributed by atoms with Crippen molar-refractivity contribution in [3.05, 3.63) is 46.5 Å². The molecule has 22 heavy (non-hydrogen) atoms. The molecule has 2 aliphatic rings. The van der Waals surface area contributed by atoms with Crippen LogP contribution in [0.3, 0.4) is 0 Å². The van der Waals surface area contributed by atoms with Gasteiger partial charge < -0.3 is 5.32 Å². The first kappa shape index (κ1) is 13.4. The van der Waals surface area contributed by atoms with E-state index in [0.717, 1.165) is 16.9 Å². The highest BCUT2D eigenvalue weighted by Gasteiger charge is 2.52. The number of carbonyl (C=O) groups is 2. The lowest BCUT2D eigenvalue weighted by molar-refractivity contribution is -0.132. The first-order valence-corrected chi connectivity index (χ1v) is 7.92. The second kappa shape index (κ2) is 4.88. The van der Waals surface area contributed by atoms with Gasteiger partial charge in [-0.1, -0.05) is 28.8 Å². The van der Waals surface area contributed by atoms with Gasteiger partial charge in [0.2, 0.25) is 0 Å². The summed E-state index contributed by atoms with van der Waals surface area (Å²) in [5, 5.41) is 6.67. The minimum absolute atomic E-state index is 0.139. The topological polar surface area (TPSA) is 75.2 Å². The number of benzene rings is 1. The molecule has 1 aromatic carbocycles. The molecule has 1 spiro atoms. The average Bonchev–Trinajstić information content (AvgIpc) is 3.11. The number of hydrogen-bond donors (Lipinski definition) is 1. The normalized spacial score (nSPS) is 23.7. The third-order valence-electron chi connectivity index (χ3n) is 4.40. The minimum Gasteiger partial charge on any atom is -0.323 e. The van der Waals surface area contributed by atoms with Crippen LogP contribution in [0.15, 0.2) is 30.5 Å². The molecule has 1 atom stereocenters. The Morgan fingerprint density at radius 3 is 2.86 bits per heavy atom. The summed E-state index contributed by atoms with van der Waals surface area (Å²) in [5.74, 6) is -0.139. The molecule has 6 nitrogen and oxygen atoms in total. The smallest absolute Gasteiger partial charge is 0.323 e. The summed E-state index contributed by atoms with van der Waals surface area (Å²) in [7, 11) is 0. The van der Waals surface area contributed by atoms with E-state index in [1.165, 1.54) is 22.0 Å². The van der Waals surface area contributed by atoms with Crippen molar-refractivity contribution >= 4 is 23.5 Å². The third kappa shape index (κ3) is 2.00. The monoisotopic (exact) mass is 314 g/mol. The van der Waals surface area contributed by atoms with Crippen LogP contribution in [0, 0.1) is 0 Å². The molecule has 2 heterocycles. The summed E-state index contributed by atoms with van der Waals surface area (Å²) in [6.45, 7) is 0.242. The number of carbonyl (C=O) groups excluding carboxylic acids is 2. The highest BCUT2D eigenvalue weighted by Crippen LogP contribution is 2.34. The van der Waals surface area contributed by atoms with E-state index in [-0.39, 0.29) is 18.5 Å². The fraction of sp³-hybridized carbons (Fsp3) is 0.333. The Labute approximate surface area is 131 Å². The van der Waals surface area contributed by atoms with E-state index >= 15 is 0 Å². The molecule has 1 aromatic heterocycles. The van der Waals surface area contributed by atoms with Crippen LogP contribution in [0.1, 0.15) is 22.4 Å². The lowest BCUT2D eigenvalue weighted by Crippen LogP contribution is -2.51. The second-order valence-corrected chi connectivity index (χ2v) is 6.60. The number of aromatic nitrogens is 2. The number of nitrogens with one attached hydrogen (secondary N) is 1. The molecule has 1 aliphatic carbocycles. The molecule has 4 rings (SSSR count). The average molecular weight is 314 g/mol. The van der Waals surface area contributed by atoms with Crippen LogP contribution >= 0.6 is 11.5 Å². The van der Waals surface area contributed by atoms with Gasteiger partial charge in [0, 0.05) is 6.42 Å². The molecule has 0 saturated carbocycles. The van der Waals surface area contributed by atoms with E-state index in [0.29, 0.717) is 12.8 Å². The van der Waals surface area contributed by atoms with E-state index in [4.69, 9.17) is 0 Å². The van der Waals surface area contributed by atoms with Crippen molar-refractivity contribution in [2.45, 2.75) is 31.3 Å². The fourth-order valence-corrected chi connectivity index (χ4v) is 3.74. The number of amides is 3. The molecule has 1 N–H and O–H groups in total. The highest BCUT2D eigenvalue weighted by atomic mass is 32.1. The van der Waals surface area contributed by atoms with E-state index < -0.39 is 5.54 Å². The second-order valence-electron chi connectivity index (χ2n) is 5.73. The Balaban J connectivity index is 1.62. The van der Waals surface area contributed by atoms with Crippen molar-refractivity contribution in [3.8, 4) is 0 Å². The van der Waals surface area contributed by atoms with Gasteiger partial charge in [0.05, 0.1) is 17.6 Å². The van der Waals surface area contributed by atoms with Gasteiger partial charge >= 0.3 is 6.03 Å². The molecule has 3 amide bonds. The SMILES string of the molecule is O=C1NC2(CCc3ccccc3C2)C(=O)N1Cc1cnns1. The van der Waals surface area contributed by atoms with Gasteiger partial charge in [0.15, 0.2) is 0 Å². The van der Waals surface area contributed by atoms with Crippen LogP contribution in [0.2, 0.25) is 0 Å². The zero-order valence-electron chi connectivity index (χ0n) is 11.8. The molecule has 0 radical (unpaired) electrons. The third-order valence-corrected chi connectivity index (χ3v) is 5.04. The number of nitrogens with zero attached hydrogens (tertiary/aromatic N) is 3. The maximum absolute atomic E-state index is 12.8. The Morgan fingerprint density at radius 1 is 1.27 bits per heavy atom. The lowest BCUT2D eigenvalue weighted by Gasteiger charge is -2.32. The molecule has 1 saturated heterocycles. The summed E-state index contributed by atoms with van der Waals surface area (Å²) in [6.07, 6.45) is 3.60. The Hall–Kier alpha value is -2.28. The van der Waals surface area contributed by atoms with Crippen molar-refractivity contribution in [2.75, 3.05) is 0 Å². The molecular weight excluding hydrogens is 300 g/mol. The number of fused-ring (bicyclic) bond motifs is 1. The number of rotatable bonds is 2. The maximum atomic E-state index is 12.8. The molecule has 1 fully saturated rings. The largest absolute Gasteiger partial charge is 0.325 e. The van der Waals surface area contributed by atoms with Crippen LogP contribution in [-0.4, -0.2) is 32.0 Å². The molecule has 7 heteroatoms. The molecule has 0 bridgehead atoms. The fourth-order valence-electron chi connectivity index (χ4n) is 3.26.